The van der Waals surface area contributed by atoms with E-state index in [9.17, 15) is 9.18 Å². The molecule has 2 atom stereocenters. The van der Waals surface area contributed by atoms with Crippen molar-refractivity contribution in [2.45, 2.75) is 38.1 Å². The largest absolute Gasteiger partial charge is 0.349 e. The van der Waals surface area contributed by atoms with Gasteiger partial charge >= 0.3 is 0 Å². The number of halogens is 2. The minimum atomic E-state index is -0.142. The van der Waals surface area contributed by atoms with E-state index in [1.165, 1.54) is 12.5 Å². The molecule has 5 heteroatoms. The van der Waals surface area contributed by atoms with E-state index in [0.29, 0.717) is 12.3 Å². The van der Waals surface area contributed by atoms with E-state index in [1.54, 1.807) is 6.07 Å². The van der Waals surface area contributed by atoms with Crippen molar-refractivity contribution in [1.29, 1.82) is 0 Å². The van der Waals surface area contributed by atoms with Crippen LogP contribution in [0.15, 0.2) is 18.2 Å². The molecule has 0 radical (unpaired) electrons. The van der Waals surface area contributed by atoms with Crippen molar-refractivity contribution in [1.82, 2.24) is 10.6 Å². The molecule has 3 rings (SSSR count). The van der Waals surface area contributed by atoms with Gasteiger partial charge in [-0.05, 0) is 61.9 Å². The summed E-state index contributed by atoms with van der Waals surface area (Å²) in [5.74, 6) is 0.587. The summed E-state index contributed by atoms with van der Waals surface area (Å²) in [7, 11) is 0. The summed E-state index contributed by atoms with van der Waals surface area (Å²) in [5.41, 5.74) is 1.73. The van der Waals surface area contributed by atoms with Crippen LogP contribution in [0.2, 0.25) is 0 Å². The van der Waals surface area contributed by atoms with Crippen LogP contribution < -0.4 is 10.6 Å². The molecule has 2 N–H and O–H groups in total. The number of amides is 1. The first-order valence-electron chi connectivity index (χ1n) is 7.51. The van der Waals surface area contributed by atoms with Gasteiger partial charge in [-0.25, -0.2) is 4.39 Å². The normalized spacial score (nSPS) is 23.5. The lowest BCUT2D eigenvalue weighted by Crippen LogP contribution is -2.27. The zero-order chi connectivity index (χ0) is 13.9. The molecule has 1 amide bonds. The molecule has 0 spiro atoms. The lowest BCUT2D eigenvalue weighted by molar-refractivity contribution is -0.122. The lowest BCUT2D eigenvalue weighted by Gasteiger charge is -2.15. The number of hydrogen-bond acceptors (Lipinski definition) is 2. The summed E-state index contributed by atoms with van der Waals surface area (Å²) in [6.45, 7) is 2.10. The van der Waals surface area contributed by atoms with Crippen LogP contribution in [0.3, 0.4) is 0 Å². The quantitative estimate of drug-likeness (QED) is 0.897. The predicted molar refractivity (Wildman–Crippen MR) is 83.1 cm³/mol. The Morgan fingerprint density at radius 1 is 1.38 bits per heavy atom. The standard InChI is InChI=1S/C16H21FN2O.ClH/c17-14-3-1-2-13-12(14)5-6-15(13)19-16(20)7-4-11-8-9-18-10-11;/h1-3,11,15,18H,4-10H2,(H,19,20);1H. The van der Waals surface area contributed by atoms with Crippen LogP contribution in [0.4, 0.5) is 4.39 Å². The van der Waals surface area contributed by atoms with Crippen molar-refractivity contribution in [2.75, 3.05) is 13.1 Å². The first-order chi connectivity index (χ1) is 9.74. The van der Waals surface area contributed by atoms with E-state index >= 15 is 0 Å². The van der Waals surface area contributed by atoms with E-state index < -0.39 is 0 Å². The first kappa shape index (κ1) is 16.2. The average molecular weight is 313 g/mol. The second-order valence-electron chi connectivity index (χ2n) is 5.86. The molecule has 1 aliphatic heterocycles. The number of carbonyl (C=O) groups excluding carboxylic acids is 1. The van der Waals surface area contributed by atoms with Crippen molar-refractivity contribution in [2.24, 2.45) is 5.92 Å². The maximum atomic E-state index is 13.6. The van der Waals surface area contributed by atoms with E-state index in [4.69, 9.17) is 0 Å². The van der Waals surface area contributed by atoms with E-state index in [1.807, 2.05) is 6.07 Å². The molecule has 116 valence electrons. The lowest BCUT2D eigenvalue weighted by atomic mass is 10.0. The Labute approximate surface area is 131 Å². The van der Waals surface area contributed by atoms with E-state index in [-0.39, 0.29) is 30.2 Å². The van der Waals surface area contributed by atoms with Gasteiger partial charge in [0.2, 0.25) is 5.91 Å². The van der Waals surface area contributed by atoms with Gasteiger partial charge < -0.3 is 10.6 Å². The van der Waals surface area contributed by atoms with Crippen molar-refractivity contribution in [3.8, 4) is 0 Å². The third kappa shape index (κ3) is 3.74. The summed E-state index contributed by atoms with van der Waals surface area (Å²) in [5, 5.41) is 6.38. The van der Waals surface area contributed by atoms with Crippen LogP contribution in [0, 0.1) is 11.7 Å². The van der Waals surface area contributed by atoms with Gasteiger partial charge in [0.1, 0.15) is 5.82 Å². The zero-order valence-electron chi connectivity index (χ0n) is 12.0. The number of nitrogens with one attached hydrogen (secondary N) is 2. The second kappa shape index (κ2) is 7.23. The highest BCUT2D eigenvalue weighted by atomic mass is 35.5. The van der Waals surface area contributed by atoms with Gasteiger partial charge in [0.15, 0.2) is 0 Å². The molecule has 1 aliphatic carbocycles. The highest BCUT2D eigenvalue weighted by molar-refractivity contribution is 5.85. The topological polar surface area (TPSA) is 41.1 Å². The fourth-order valence-electron chi connectivity index (χ4n) is 3.32. The molecule has 0 aromatic heterocycles. The summed E-state index contributed by atoms with van der Waals surface area (Å²) in [4.78, 5) is 12.0. The van der Waals surface area contributed by atoms with Crippen LogP contribution in [-0.4, -0.2) is 19.0 Å². The molecule has 3 nitrogen and oxygen atoms in total. The van der Waals surface area contributed by atoms with Crippen LogP contribution in [0.5, 0.6) is 0 Å². The Balaban J connectivity index is 0.00000161. The molecule has 1 aromatic carbocycles. The number of hydrogen-bond donors (Lipinski definition) is 2. The van der Waals surface area contributed by atoms with Crippen molar-refractivity contribution in [3.05, 3.63) is 35.1 Å². The molecule has 0 saturated carbocycles. The van der Waals surface area contributed by atoms with Crippen LogP contribution >= 0.6 is 12.4 Å². The number of benzene rings is 1. The Morgan fingerprint density at radius 3 is 3.00 bits per heavy atom. The van der Waals surface area contributed by atoms with Crippen molar-refractivity contribution < 1.29 is 9.18 Å². The maximum absolute atomic E-state index is 13.6. The molecule has 0 bridgehead atoms. The molecule has 1 fully saturated rings. The minimum absolute atomic E-state index is 0. The molecule has 2 unspecified atom stereocenters. The molecular weight excluding hydrogens is 291 g/mol. The first-order valence-corrected chi connectivity index (χ1v) is 7.51. The fraction of sp³-hybridized carbons (Fsp3) is 0.562. The predicted octanol–water partition coefficient (Wildman–Crippen LogP) is 2.74. The van der Waals surface area contributed by atoms with Crippen LogP contribution in [0.1, 0.15) is 42.9 Å². The SMILES string of the molecule is Cl.O=C(CCC1CCNC1)NC1CCc2c(F)cccc21. The smallest absolute Gasteiger partial charge is 0.220 e. The molecule has 2 aliphatic rings. The summed E-state index contributed by atoms with van der Waals surface area (Å²) >= 11 is 0. The van der Waals surface area contributed by atoms with E-state index in [0.717, 1.165) is 43.5 Å². The molecule has 1 aromatic rings. The Kier molecular flexibility index (Phi) is 5.59. The van der Waals surface area contributed by atoms with Crippen LogP contribution in [0.25, 0.3) is 0 Å². The summed E-state index contributed by atoms with van der Waals surface area (Å²) in [6, 6.07) is 5.14. The van der Waals surface area contributed by atoms with Crippen LogP contribution in [-0.2, 0) is 11.2 Å². The van der Waals surface area contributed by atoms with Gasteiger partial charge in [0.25, 0.3) is 0 Å². The Hall–Kier alpha value is -1.13. The van der Waals surface area contributed by atoms with Gasteiger partial charge in [-0.1, -0.05) is 12.1 Å². The van der Waals surface area contributed by atoms with Crippen molar-refractivity contribution >= 4 is 18.3 Å². The van der Waals surface area contributed by atoms with Crippen molar-refractivity contribution in [3.63, 3.8) is 0 Å². The van der Waals surface area contributed by atoms with Gasteiger partial charge in [-0.15, -0.1) is 12.4 Å². The van der Waals surface area contributed by atoms with Gasteiger partial charge in [0.05, 0.1) is 6.04 Å². The number of rotatable bonds is 4. The zero-order valence-corrected chi connectivity index (χ0v) is 12.8. The highest BCUT2D eigenvalue weighted by Crippen LogP contribution is 2.32. The fourth-order valence-corrected chi connectivity index (χ4v) is 3.32. The van der Waals surface area contributed by atoms with E-state index in [2.05, 4.69) is 10.6 Å². The monoisotopic (exact) mass is 312 g/mol. The Bertz CT molecular complexity index is 503. The highest BCUT2D eigenvalue weighted by Gasteiger charge is 2.26. The van der Waals surface area contributed by atoms with Gasteiger partial charge in [0, 0.05) is 6.42 Å². The maximum Gasteiger partial charge on any atom is 0.220 e. The minimum Gasteiger partial charge on any atom is -0.349 e. The summed E-state index contributed by atoms with van der Waals surface area (Å²) in [6.07, 6.45) is 4.23. The molecular formula is C16H22ClFN2O. The summed E-state index contributed by atoms with van der Waals surface area (Å²) < 4.78 is 13.6. The van der Waals surface area contributed by atoms with Gasteiger partial charge in [-0.2, -0.15) is 0 Å². The molecule has 1 saturated heterocycles. The second-order valence-corrected chi connectivity index (χ2v) is 5.86. The molecule has 21 heavy (non-hydrogen) atoms. The Morgan fingerprint density at radius 2 is 2.24 bits per heavy atom. The average Bonchev–Trinajstić information content (AvgIpc) is 3.07. The van der Waals surface area contributed by atoms with Gasteiger partial charge in [-0.3, -0.25) is 4.79 Å². The number of fused-ring (bicyclic) bond motifs is 1. The third-order valence-electron chi connectivity index (χ3n) is 4.49. The molecule has 1 heterocycles. The third-order valence-corrected chi connectivity index (χ3v) is 4.49. The number of carbonyl (C=O) groups is 1.